The summed E-state index contributed by atoms with van der Waals surface area (Å²) in [6.45, 7) is 9.17. The molecule has 0 radical (unpaired) electrons. The summed E-state index contributed by atoms with van der Waals surface area (Å²) in [5, 5.41) is 10.2. The van der Waals surface area contributed by atoms with Crippen LogP contribution in [0, 0.1) is 5.92 Å². The first-order valence-electron chi connectivity index (χ1n) is 7.61. The van der Waals surface area contributed by atoms with Crippen molar-refractivity contribution in [2.45, 2.75) is 77.9 Å². The van der Waals surface area contributed by atoms with E-state index in [1.54, 1.807) is 0 Å². The molecule has 0 aromatic heterocycles. The predicted octanol–water partition coefficient (Wildman–Crippen LogP) is 3.44. The van der Waals surface area contributed by atoms with Gasteiger partial charge in [-0.05, 0) is 51.1 Å². The Labute approximate surface area is 107 Å². The molecule has 0 aliphatic heterocycles. The van der Waals surface area contributed by atoms with Crippen LogP contribution in [0.15, 0.2) is 0 Å². The average molecular weight is 241 g/mol. The molecule has 0 aromatic carbocycles. The Bertz CT molecular complexity index is 187. The molecular formula is C15H31NO. The molecule has 0 saturated heterocycles. The number of aliphatic hydroxyl groups is 1. The molecule has 0 bridgehead atoms. The van der Waals surface area contributed by atoms with Crippen molar-refractivity contribution in [1.82, 2.24) is 4.90 Å². The van der Waals surface area contributed by atoms with Crippen LogP contribution in [0.25, 0.3) is 0 Å². The van der Waals surface area contributed by atoms with Crippen molar-refractivity contribution in [3.8, 4) is 0 Å². The zero-order chi connectivity index (χ0) is 12.7. The van der Waals surface area contributed by atoms with E-state index in [0.29, 0.717) is 6.04 Å². The summed E-state index contributed by atoms with van der Waals surface area (Å²) in [4.78, 5) is 2.56. The van der Waals surface area contributed by atoms with Gasteiger partial charge in [0.15, 0.2) is 0 Å². The van der Waals surface area contributed by atoms with Gasteiger partial charge in [-0.25, -0.2) is 0 Å². The minimum Gasteiger partial charge on any atom is -0.391 e. The summed E-state index contributed by atoms with van der Waals surface area (Å²) in [6, 6.07) is 0.428. The summed E-state index contributed by atoms with van der Waals surface area (Å²) in [7, 11) is 0. The van der Waals surface area contributed by atoms with E-state index in [4.69, 9.17) is 0 Å². The van der Waals surface area contributed by atoms with Crippen molar-refractivity contribution in [1.29, 1.82) is 0 Å². The average Bonchev–Trinajstić information content (AvgIpc) is 2.33. The van der Waals surface area contributed by atoms with E-state index in [0.717, 1.165) is 12.3 Å². The highest BCUT2D eigenvalue weighted by molar-refractivity contribution is 4.85. The fourth-order valence-corrected chi connectivity index (χ4v) is 2.89. The molecule has 0 aromatic rings. The highest BCUT2D eigenvalue weighted by atomic mass is 16.3. The molecule has 3 atom stereocenters. The summed E-state index contributed by atoms with van der Waals surface area (Å²) in [5.41, 5.74) is 0. The predicted molar refractivity (Wildman–Crippen MR) is 74.2 cm³/mol. The van der Waals surface area contributed by atoms with Gasteiger partial charge < -0.3 is 5.11 Å². The van der Waals surface area contributed by atoms with Crippen LogP contribution in [0.1, 0.15) is 65.7 Å². The highest BCUT2D eigenvalue weighted by Crippen LogP contribution is 2.28. The second kappa shape index (κ2) is 8.10. The summed E-state index contributed by atoms with van der Waals surface area (Å²) < 4.78 is 0. The molecule has 3 unspecified atom stereocenters. The first kappa shape index (κ1) is 15.0. The molecule has 1 aliphatic rings. The lowest BCUT2D eigenvalue weighted by Crippen LogP contribution is -2.47. The number of hydrogen-bond acceptors (Lipinski definition) is 2. The van der Waals surface area contributed by atoms with Crippen LogP contribution in [-0.2, 0) is 0 Å². The Hall–Kier alpha value is -0.0800. The quantitative estimate of drug-likeness (QED) is 0.738. The van der Waals surface area contributed by atoms with Gasteiger partial charge in [0.2, 0.25) is 0 Å². The first-order chi connectivity index (χ1) is 8.19. The van der Waals surface area contributed by atoms with Crippen molar-refractivity contribution in [3.05, 3.63) is 0 Å². The Balaban J connectivity index is 2.52. The third-order valence-corrected chi connectivity index (χ3v) is 4.11. The number of nitrogens with zero attached hydrogens (tertiary/aromatic N) is 1. The third-order valence-electron chi connectivity index (χ3n) is 4.11. The van der Waals surface area contributed by atoms with Crippen molar-refractivity contribution in [3.63, 3.8) is 0 Å². The molecular weight excluding hydrogens is 210 g/mol. The van der Waals surface area contributed by atoms with Crippen molar-refractivity contribution in [2.75, 3.05) is 13.1 Å². The van der Waals surface area contributed by atoms with E-state index < -0.39 is 0 Å². The lowest BCUT2D eigenvalue weighted by atomic mass is 9.84. The lowest BCUT2D eigenvalue weighted by Gasteiger charge is -2.40. The van der Waals surface area contributed by atoms with Gasteiger partial charge in [0.05, 0.1) is 6.10 Å². The van der Waals surface area contributed by atoms with Crippen LogP contribution in [0.2, 0.25) is 0 Å². The molecule has 2 heteroatoms. The summed E-state index contributed by atoms with van der Waals surface area (Å²) >= 11 is 0. The molecule has 0 spiro atoms. The Kier molecular flexibility index (Phi) is 7.14. The van der Waals surface area contributed by atoms with Crippen molar-refractivity contribution < 1.29 is 5.11 Å². The van der Waals surface area contributed by atoms with Crippen LogP contribution in [-0.4, -0.2) is 35.2 Å². The van der Waals surface area contributed by atoms with Gasteiger partial charge in [0, 0.05) is 6.04 Å². The van der Waals surface area contributed by atoms with E-state index >= 15 is 0 Å². The molecule has 1 saturated carbocycles. The topological polar surface area (TPSA) is 23.5 Å². The Morgan fingerprint density at radius 1 is 1.06 bits per heavy atom. The van der Waals surface area contributed by atoms with E-state index in [9.17, 15) is 5.11 Å². The minimum atomic E-state index is -0.0834. The lowest BCUT2D eigenvalue weighted by molar-refractivity contribution is 0.00441. The van der Waals surface area contributed by atoms with Gasteiger partial charge in [-0.1, -0.05) is 33.6 Å². The van der Waals surface area contributed by atoms with E-state index in [2.05, 4.69) is 25.7 Å². The monoisotopic (exact) mass is 241 g/mol. The minimum absolute atomic E-state index is 0.0834. The van der Waals surface area contributed by atoms with Gasteiger partial charge in [0.1, 0.15) is 0 Å². The fourth-order valence-electron chi connectivity index (χ4n) is 2.89. The second-order valence-corrected chi connectivity index (χ2v) is 5.80. The van der Waals surface area contributed by atoms with E-state index in [-0.39, 0.29) is 6.10 Å². The highest BCUT2D eigenvalue weighted by Gasteiger charge is 2.30. The van der Waals surface area contributed by atoms with Crippen LogP contribution in [0.4, 0.5) is 0 Å². The molecule has 0 amide bonds. The second-order valence-electron chi connectivity index (χ2n) is 5.80. The molecule has 0 heterocycles. The maximum absolute atomic E-state index is 10.2. The molecule has 1 aliphatic carbocycles. The van der Waals surface area contributed by atoms with Crippen LogP contribution in [0.3, 0.4) is 0 Å². The van der Waals surface area contributed by atoms with Crippen LogP contribution in [0.5, 0.6) is 0 Å². The zero-order valence-electron chi connectivity index (χ0n) is 12.0. The van der Waals surface area contributed by atoms with Crippen LogP contribution >= 0.6 is 0 Å². The van der Waals surface area contributed by atoms with Crippen LogP contribution < -0.4 is 0 Å². The number of hydrogen-bond donors (Lipinski definition) is 1. The first-order valence-corrected chi connectivity index (χ1v) is 7.61. The van der Waals surface area contributed by atoms with E-state index in [1.165, 1.54) is 51.6 Å². The van der Waals surface area contributed by atoms with Gasteiger partial charge in [-0.3, -0.25) is 4.90 Å². The standard InChI is InChI=1S/C15H31NO/c1-4-6-10-16(11-7-5-2)14-12-13(3)8-9-15(14)17/h13-15,17H,4-12H2,1-3H3. The zero-order valence-corrected chi connectivity index (χ0v) is 12.0. The summed E-state index contributed by atoms with van der Waals surface area (Å²) in [6.07, 6.45) is 8.34. The molecule has 2 nitrogen and oxygen atoms in total. The molecule has 102 valence electrons. The SMILES string of the molecule is CCCCN(CCCC)C1CC(C)CCC1O. The maximum atomic E-state index is 10.2. The van der Waals surface area contributed by atoms with Gasteiger partial charge in [-0.15, -0.1) is 0 Å². The normalized spacial score (nSPS) is 29.8. The Morgan fingerprint density at radius 2 is 1.65 bits per heavy atom. The van der Waals surface area contributed by atoms with Gasteiger partial charge in [-0.2, -0.15) is 0 Å². The maximum Gasteiger partial charge on any atom is 0.0695 e. The van der Waals surface area contributed by atoms with Gasteiger partial charge >= 0.3 is 0 Å². The summed E-state index contributed by atoms with van der Waals surface area (Å²) in [5.74, 6) is 0.786. The fraction of sp³-hybridized carbons (Fsp3) is 1.00. The third kappa shape index (κ3) is 4.97. The van der Waals surface area contributed by atoms with E-state index in [1.807, 2.05) is 0 Å². The molecule has 17 heavy (non-hydrogen) atoms. The molecule has 1 rings (SSSR count). The Morgan fingerprint density at radius 3 is 2.18 bits per heavy atom. The van der Waals surface area contributed by atoms with Gasteiger partial charge in [0.25, 0.3) is 0 Å². The van der Waals surface area contributed by atoms with Crippen molar-refractivity contribution >= 4 is 0 Å². The number of rotatable bonds is 7. The van der Waals surface area contributed by atoms with Crippen molar-refractivity contribution in [2.24, 2.45) is 5.92 Å². The smallest absolute Gasteiger partial charge is 0.0695 e. The largest absolute Gasteiger partial charge is 0.391 e. The number of unbranched alkanes of at least 4 members (excludes halogenated alkanes) is 2. The molecule has 1 N–H and O–H groups in total. The number of aliphatic hydroxyl groups excluding tert-OH is 1. The molecule has 1 fully saturated rings.